The number of rotatable bonds is 0. The smallest absolute Gasteiger partial charge is 0.139 e. The van der Waals surface area contributed by atoms with Crippen molar-refractivity contribution >= 4 is 5.78 Å². The summed E-state index contributed by atoms with van der Waals surface area (Å²) in [5.41, 5.74) is 0.205. The zero-order valence-electron chi connectivity index (χ0n) is 8.26. The van der Waals surface area contributed by atoms with Crippen LogP contribution in [0.3, 0.4) is 0 Å². The van der Waals surface area contributed by atoms with Gasteiger partial charge in [-0.1, -0.05) is 20.8 Å². The van der Waals surface area contributed by atoms with Gasteiger partial charge in [0.05, 0.1) is 0 Å². The third kappa shape index (κ3) is 1.02. The first-order valence-electron chi connectivity index (χ1n) is 5.04. The van der Waals surface area contributed by atoms with Gasteiger partial charge in [-0.25, -0.2) is 0 Å². The Labute approximate surface area is 74.5 Å². The second kappa shape index (κ2) is 2.34. The van der Waals surface area contributed by atoms with E-state index in [1.165, 1.54) is 19.3 Å². The van der Waals surface area contributed by atoms with Crippen molar-refractivity contribution in [1.82, 2.24) is 0 Å². The van der Waals surface area contributed by atoms with Gasteiger partial charge in [-0.15, -0.1) is 0 Å². The zero-order chi connectivity index (χ0) is 8.93. The Bertz CT molecular complexity index is 212. The van der Waals surface area contributed by atoms with Crippen LogP contribution in [0.15, 0.2) is 0 Å². The summed E-state index contributed by atoms with van der Waals surface area (Å²) < 4.78 is 0. The molecule has 0 radical (unpaired) electrons. The van der Waals surface area contributed by atoms with Crippen LogP contribution in [-0.2, 0) is 4.79 Å². The molecule has 0 aromatic rings. The van der Waals surface area contributed by atoms with Gasteiger partial charge in [-0.05, 0) is 30.6 Å². The predicted octanol–water partition coefficient (Wildman–Crippen LogP) is 2.65. The van der Waals surface area contributed by atoms with Gasteiger partial charge in [0, 0.05) is 11.8 Å². The van der Waals surface area contributed by atoms with E-state index in [1.807, 2.05) is 0 Å². The van der Waals surface area contributed by atoms with Gasteiger partial charge in [-0.3, -0.25) is 4.79 Å². The van der Waals surface area contributed by atoms with Crippen molar-refractivity contribution in [2.45, 2.75) is 40.0 Å². The Hall–Kier alpha value is -0.330. The molecule has 2 aliphatic rings. The molecule has 2 saturated carbocycles. The highest BCUT2D eigenvalue weighted by Crippen LogP contribution is 2.52. The van der Waals surface area contributed by atoms with Crippen LogP contribution in [0.4, 0.5) is 0 Å². The molecule has 0 spiro atoms. The fourth-order valence-corrected chi connectivity index (χ4v) is 3.20. The van der Waals surface area contributed by atoms with Crippen LogP contribution in [0.1, 0.15) is 40.0 Å². The molecule has 1 nitrogen and oxygen atoms in total. The van der Waals surface area contributed by atoms with Crippen LogP contribution in [0, 0.1) is 23.2 Å². The SMILES string of the molecule is CC(C)(C)C1C(=O)C2CCC1C2. The minimum absolute atomic E-state index is 0.205. The first-order chi connectivity index (χ1) is 5.50. The minimum Gasteiger partial charge on any atom is -0.299 e. The van der Waals surface area contributed by atoms with Crippen LogP contribution in [0.25, 0.3) is 0 Å². The maximum Gasteiger partial charge on any atom is 0.139 e. The van der Waals surface area contributed by atoms with E-state index in [1.54, 1.807) is 0 Å². The molecule has 0 saturated heterocycles. The van der Waals surface area contributed by atoms with E-state index in [0.29, 0.717) is 17.6 Å². The molecule has 0 heterocycles. The summed E-state index contributed by atoms with van der Waals surface area (Å²) in [6, 6.07) is 0. The quantitative estimate of drug-likeness (QED) is 0.540. The fraction of sp³-hybridized carbons (Fsp3) is 0.909. The third-order valence-corrected chi connectivity index (χ3v) is 3.59. The normalized spacial score (nSPS) is 40.9. The Morgan fingerprint density at radius 1 is 1.25 bits per heavy atom. The van der Waals surface area contributed by atoms with E-state index < -0.39 is 0 Å². The maximum atomic E-state index is 11.8. The largest absolute Gasteiger partial charge is 0.299 e. The Morgan fingerprint density at radius 2 is 1.92 bits per heavy atom. The molecule has 0 amide bonds. The minimum atomic E-state index is 0.205. The summed E-state index contributed by atoms with van der Waals surface area (Å²) in [6.45, 7) is 6.61. The van der Waals surface area contributed by atoms with Crippen LogP contribution < -0.4 is 0 Å². The first-order valence-corrected chi connectivity index (χ1v) is 5.04. The molecule has 2 bridgehead atoms. The Kier molecular flexibility index (Phi) is 1.61. The summed E-state index contributed by atoms with van der Waals surface area (Å²) in [5, 5.41) is 0. The van der Waals surface area contributed by atoms with E-state index >= 15 is 0 Å². The highest BCUT2D eigenvalue weighted by atomic mass is 16.1. The number of hydrogen-bond acceptors (Lipinski definition) is 1. The fourth-order valence-electron chi connectivity index (χ4n) is 3.20. The van der Waals surface area contributed by atoms with Crippen LogP contribution in [-0.4, -0.2) is 5.78 Å². The van der Waals surface area contributed by atoms with Crippen LogP contribution >= 0.6 is 0 Å². The van der Waals surface area contributed by atoms with Crippen LogP contribution in [0.5, 0.6) is 0 Å². The van der Waals surface area contributed by atoms with Gasteiger partial charge in [0.15, 0.2) is 0 Å². The van der Waals surface area contributed by atoms with E-state index in [2.05, 4.69) is 20.8 Å². The Balaban J connectivity index is 2.23. The highest BCUT2D eigenvalue weighted by molar-refractivity contribution is 5.87. The lowest BCUT2D eigenvalue weighted by molar-refractivity contribution is -0.129. The van der Waals surface area contributed by atoms with Gasteiger partial charge >= 0.3 is 0 Å². The van der Waals surface area contributed by atoms with Gasteiger partial charge in [-0.2, -0.15) is 0 Å². The second-order valence-electron chi connectivity index (χ2n) is 5.52. The standard InChI is InChI=1S/C11H18O/c1-11(2,3)9-7-4-5-8(6-7)10(9)12/h7-9H,4-6H2,1-3H3. The van der Waals surface area contributed by atoms with Crippen molar-refractivity contribution in [3.63, 3.8) is 0 Å². The average molecular weight is 166 g/mol. The van der Waals surface area contributed by atoms with E-state index in [9.17, 15) is 4.79 Å². The molecule has 0 aromatic carbocycles. The van der Waals surface area contributed by atoms with Gasteiger partial charge in [0.1, 0.15) is 5.78 Å². The molecule has 12 heavy (non-hydrogen) atoms. The monoisotopic (exact) mass is 166 g/mol. The summed E-state index contributed by atoms with van der Waals surface area (Å²) in [4.78, 5) is 11.8. The highest BCUT2D eigenvalue weighted by Gasteiger charge is 2.50. The second-order valence-corrected chi connectivity index (χ2v) is 5.52. The number of ketones is 1. The van der Waals surface area contributed by atoms with E-state index in [-0.39, 0.29) is 5.41 Å². The van der Waals surface area contributed by atoms with E-state index in [4.69, 9.17) is 0 Å². The molecule has 0 aliphatic heterocycles. The number of carbonyl (C=O) groups is 1. The van der Waals surface area contributed by atoms with Gasteiger partial charge in [0.25, 0.3) is 0 Å². The molecule has 2 fully saturated rings. The summed E-state index contributed by atoms with van der Waals surface area (Å²) >= 11 is 0. The molecular formula is C11H18O. The van der Waals surface area contributed by atoms with Crippen molar-refractivity contribution in [2.24, 2.45) is 23.2 Å². The van der Waals surface area contributed by atoms with Gasteiger partial charge < -0.3 is 0 Å². The van der Waals surface area contributed by atoms with Crippen molar-refractivity contribution in [2.75, 3.05) is 0 Å². The summed E-state index contributed by atoms with van der Waals surface area (Å²) in [7, 11) is 0. The predicted molar refractivity (Wildman–Crippen MR) is 48.8 cm³/mol. The molecule has 0 aromatic heterocycles. The molecule has 1 heteroatoms. The van der Waals surface area contributed by atoms with Gasteiger partial charge in [0.2, 0.25) is 0 Å². The number of hydrogen-bond donors (Lipinski definition) is 0. The number of Topliss-reactive ketones (excluding diaryl/α,β-unsaturated/α-hetero) is 1. The average Bonchev–Trinajstić information content (AvgIpc) is 2.42. The lowest BCUT2D eigenvalue weighted by Crippen LogP contribution is -2.33. The summed E-state index contributed by atoms with van der Waals surface area (Å²) in [5.74, 6) is 2.11. The van der Waals surface area contributed by atoms with Crippen molar-refractivity contribution in [3.8, 4) is 0 Å². The third-order valence-electron chi connectivity index (χ3n) is 3.59. The molecule has 3 atom stereocenters. The van der Waals surface area contributed by atoms with Crippen molar-refractivity contribution in [3.05, 3.63) is 0 Å². The van der Waals surface area contributed by atoms with Crippen molar-refractivity contribution < 1.29 is 4.79 Å². The molecule has 3 unspecified atom stereocenters. The zero-order valence-corrected chi connectivity index (χ0v) is 8.26. The molecule has 0 N–H and O–H groups in total. The Morgan fingerprint density at radius 3 is 2.25 bits per heavy atom. The topological polar surface area (TPSA) is 17.1 Å². The first kappa shape index (κ1) is 8.28. The van der Waals surface area contributed by atoms with E-state index in [0.717, 1.165) is 5.92 Å². The molecule has 2 rings (SSSR count). The number of fused-ring (bicyclic) bond motifs is 2. The lowest BCUT2D eigenvalue weighted by atomic mass is 9.71. The van der Waals surface area contributed by atoms with Crippen LogP contribution in [0.2, 0.25) is 0 Å². The molecular weight excluding hydrogens is 148 g/mol. The number of carbonyl (C=O) groups excluding carboxylic acids is 1. The summed E-state index contributed by atoms with van der Waals surface area (Å²) in [6.07, 6.45) is 3.68. The molecule has 2 aliphatic carbocycles. The molecule has 68 valence electrons. The maximum absolute atomic E-state index is 11.8. The van der Waals surface area contributed by atoms with Crippen molar-refractivity contribution in [1.29, 1.82) is 0 Å². The lowest BCUT2D eigenvalue weighted by Gasteiger charge is -2.32.